The van der Waals surface area contributed by atoms with Crippen molar-refractivity contribution in [1.29, 1.82) is 0 Å². The van der Waals surface area contributed by atoms with E-state index >= 15 is 0 Å². The topological polar surface area (TPSA) is 74.6 Å². The summed E-state index contributed by atoms with van der Waals surface area (Å²) in [6.45, 7) is 3.87. The summed E-state index contributed by atoms with van der Waals surface area (Å²) in [5.74, 6) is 0.287. The van der Waals surface area contributed by atoms with E-state index in [9.17, 15) is 19.8 Å². The minimum Gasteiger partial charge on any atom is -0.392 e. The summed E-state index contributed by atoms with van der Waals surface area (Å²) in [5, 5.41) is 21.9. The lowest BCUT2D eigenvalue weighted by molar-refractivity contribution is -0.150. The highest BCUT2D eigenvalue weighted by Crippen LogP contribution is 2.68. The first kappa shape index (κ1) is 16.7. The van der Waals surface area contributed by atoms with Crippen molar-refractivity contribution in [3.8, 4) is 0 Å². The van der Waals surface area contributed by atoms with Crippen LogP contribution in [0.4, 0.5) is 0 Å². The van der Waals surface area contributed by atoms with E-state index in [4.69, 9.17) is 11.6 Å². The third-order valence-electron chi connectivity index (χ3n) is 7.85. The van der Waals surface area contributed by atoms with E-state index < -0.39 is 27.9 Å². The Labute approximate surface area is 147 Å². The Morgan fingerprint density at radius 1 is 1.08 bits per heavy atom. The standard InChI is InChI=1S/C19H25ClO4/c1-17-9-16(24)19(20)13(12(17)5-6-14(17)22)4-3-10-7-11(21)8-15(23)18(10,19)2/h7,12-13,15-16,23-24H,3-6,8-9H2,1-2H3/t12-,13-,15?,16?,17-,18+,19-/m0/s1. The number of ketones is 2. The number of rotatable bonds is 0. The van der Waals surface area contributed by atoms with Crippen LogP contribution in [0.3, 0.4) is 0 Å². The summed E-state index contributed by atoms with van der Waals surface area (Å²) in [6, 6.07) is 0. The molecule has 132 valence electrons. The van der Waals surface area contributed by atoms with Gasteiger partial charge in [0.2, 0.25) is 0 Å². The summed E-state index contributed by atoms with van der Waals surface area (Å²) in [7, 11) is 0. The third-order valence-corrected chi connectivity index (χ3v) is 8.77. The van der Waals surface area contributed by atoms with E-state index in [-0.39, 0.29) is 29.8 Å². The first-order chi connectivity index (χ1) is 11.2. The van der Waals surface area contributed by atoms with E-state index in [2.05, 4.69) is 0 Å². The number of aliphatic hydroxyl groups excluding tert-OH is 2. The van der Waals surface area contributed by atoms with E-state index in [1.165, 1.54) is 0 Å². The van der Waals surface area contributed by atoms with Gasteiger partial charge in [-0.1, -0.05) is 19.4 Å². The lowest BCUT2D eigenvalue weighted by Crippen LogP contribution is -2.69. The maximum absolute atomic E-state index is 12.5. The SMILES string of the molecule is C[C@]12CC(O)[C@@]3(Cl)[C@@H](CCC4=CC(=O)CC(O)[C@@]43C)[C@@H]1CCC2=O. The molecule has 3 fully saturated rings. The van der Waals surface area contributed by atoms with Crippen molar-refractivity contribution in [2.45, 2.75) is 69.5 Å². The van der Waals surface area contributed by atoms with Gasteiger partial charge >= 0.3 is 0 Å². The number of alkyl halides is 1. The second kappa shape index (κ2) is 4.93. The summed E-state index contributed by atoms with van der Waals surface area (Å²) in [6.07, 6.45) is 3.10. The molecule has 24 heavy (non-hydrogen) atoms. The fourth-order valence-electron chi connectivity index (χ4n) is 6.40. The Morgan fingerprint density at radius 3 is 2.46 bits per heavy atom. The number of carbonyl (C=O) groups excluding carboxylic acids is 2. The molecule has 5 heteroatoms. The lowest BCUT2D eigenvalue weighted by atomic mass is 9.45. The fraction of sp³-hybridized carbons (Fsp3) is 0.789. The molecule has 7 atom stereocenters. The second-order valence-corrected chi connectivity index (χ2v) is 9.30. The highest BCUT2D eigenvalue weighted by atomic mass is 35.5. The second-order valence-electron chi connectivity index (χ2n) is 8.68. The Hall–Kier alpha value is -0.710. The highest BCUT2D eigenvalue weighted by Gasteiger charge is 2.71. The molecule has 4 aliphatic carbocycles. The summed E-state index contributed by atoms with van der Waals surface area (Å²) in [5.41, 5.74) is -0.461. The molecule has 0 bridgehead atoms. The molecule has 4 rings (SSSR count). The molecular formula is C19H25ClO4. The van der Waals surface area contributed by atoms with Gasteiger partial charge in [0, 0.05) is 23.7 Å². The van der Waals surface area contributed by atoms with Crippen molar-refractivity contribution in [2.75, 3.05) is 0 Å². The minimum absolute atomic E-state index is 0.0237. The summed E-state index contributed by atoms with van der Waals surface area (Å²) < 4.78 is 0. The zero-order valence-corrected chi connectivity index (χ0v) is 15.0. The summed E-state index contributed by atoms with van der Waals surface area (Å²) in [4.78, 5) is 23.3. The van der Waals surface area contributed by atoms with Crippen LogP contribution in [0.15, 0.2) is 11.6 Å². The minimum atomic E-state index is -1.02. The van der Waals surface area contributed by atoms with Crippen LogP contribution >= 0.6 is 11.6 Å². The molecule has 0 amide bonds. The van der Waals surface area contributed by atoms with Gasteiger partial charge in [-0.15, -0.1) is 11.6 Å². The van der Waals surface area contributed by atoms with Crippen molar-refractivity contribution in [1.82, 2.24) is 0 Å². The molecule has 0 heterocycles. The molecule has 0 aromatic heterocycles. The average molecular weight is 353 g/mol. The number of aliphatic hydroxyl groups is 2. The number of carbonyl (C=O) groups is 2. The number of hydrogen-bond donors (Lipinski definition) is 2. The molecule has 0 spiro atoms. The van der Waals surface area contributed by atoms with E-state index in [1.54, 1.807) is 6.08 Å². The van der Waals surface area contributed by atoms with Crippen molar-refractivity contribution in [3.05, 3.63) is 11.6 Å². The molecular weight excluding hydrogens is 328 g/mol. The van der Waals surface area contributed by atoms with E-state index in [0.29, 0.717) is 19.3 Å². The largest absolute Gasteiger partial charge is 0.392 e. The van der Waals surface area contributed by atoms with Crippen LogP contribution < -0.4 is 0 Å². The zero-order valence-electron chi connectivity index (χ0n) is 14.2. The number of Topliss-reactive ketones (excluding diaryl/α,β-unsaturated/α-hetero) is 1. The van der Waals surface area contributed by atoms with Crippen LogP contribution in [0.5, 0.6) is 0 Å². The quantitative estimate of drug-likeness (QED) is 0.656. The zero-order chi connectivity index (χ0) is 17.5. The first-order valence-corrected chi connectivity index (χ1v) is 9.35. The Bertz CT molecular complexity index is 658. The van der Waals surface area contributed by atoms with Crippen molar-refractivity contribution in [2.24, 2.45) is 22.7 Å². The van der Waals surface area contributed by atoms with Gasteiger partial charge in [-0.05, 0) is 43.6 Å². The van der Waals surface area contributed by atoms with Crippen LogP contribution in [0, 0.1) is 22.7 Å². The molecule has 2 N–H and O–H groups in total. The maximum atomic E-state index is 12.5. The van der Waals surface area contributed by atoms with Crippen molar-refractivity contribution < 1.29 is 19.8 Å². The Morgan fingerprint density at radius 2 is 1.75 bits per heavy atom. The number of halogens is 1. The van der Waals surface area contributed by atoms with Gasteiger partial charge in [-0.25, -0.2) is 0 Å². The van der Waals surface area contributed by atoms with Gasteiger partial charge in [-0.2, -0.15) is 0 Å². The van der Waals surface area contributed by atoms with Gasteiger partial charge in [0.1, 0.15) is 5.78 Å². The van der Waals surface area contributed by atoms with Gasteiger partial charge < -0.3 is 10.2 Å². The van der Waals surface area contributed by atoms with Gasteiger partial charge in [0.25, 0.3) is 0 Å². The molecule has 0 aromatic carbocycles. The predicted octanol–water partition coefficient (Wildman–Crippen LogP) is 2.39. The molecule has 4 aliphatic rings. The lowest BCUT2D eigenvalue weighted by Gasteiger charge is -2.64. The molecule has 3 saturated carbocycles. The third kappa shape index (κ3) is 1.72. The van der Waals surface area contributed by atoms with Crippen LogP contribution in [-0.4, -0.2) is 38.9 Å². The molecule has 0 radical (unpaired) electrons. The summed E-state index contributed by atoms with van der Waals surface area (Å²) >= 11 is 7.19. The molecule has 0 saturated heterocycles. The molecule has 2 unspecified atom stereocenters. The predicted molar refractivity (Wildman–Crippen MR) is 89.6 cm³/mol. The van der Waals surface area contributed by atoms with Crippen LogP contribution in [0.1, 0.15) is 52.4 Å². The maximum Gasteiger partial charge on any atom is 0.158 e. The fourth-order valence-corrected chi connectivity index (χ4v) is 6.98. The monoisotopic (exact) mass is 352 g/mol. The Kier molecular flexibility index (Phi) is 3.44. The molecule has 0 aliphatic heterocycles. The Balaban J connectivity index is 1.86. The van der Waals surface area contributed by atoms with Gasteiger partial charge in [0.05, 0.1) is 17.1 Å². The van der Waals surface area contributed by atoms with Crippen LogP contribution in [0.25, 0.3) is 0 Å². The van der Waals surface area contributed by atoms with E-state index in [0.717, 1.165) is 18.4 Å². The van der Waals surface area contributed by atoms with Crippen LogP contribution in [0.2, 0.25) is 0 Å². The van der Waals surface area contributed by atoms with E-state index in [1.807, 2.05) is 13.8 Å². The molecule has 4 nitrogen and oxygen atoms in total. The van der Waals surface area contributed by atoms with Crippen molar-refractivity contribution >= 4 is 23.2 Å². The number of hydrogen-bond acceptors (Lipinski definition) is 4. The van der Waals surface area contributed by atoms with Gasteiger partial charge in [0.15, 0.2) is 5.78 Å². The smallest absolute Gasteiger partial charge is 0.158 e. The highest BCUT2D eigenvalue weighted by molar-refractivity contribution is 6.26. The first-order valence-electron chi connectivity index (χ1n) is 8.98. The average Bonchev–Trinajstić information content (AvgIpc) is 2.78. The number of fused-ring (bicyclic) bond motifs is 5. The van der Waals surface area contributed by atoms with Gasteiger partial charge in [-0.3, -0.25) is 9.59 Å². The van der Waals surface area contributed by atoms with Crippen LogP contribution in [-0.2, 0) is 9.59 Å². The van der Waals surface area contributed by atoms with Crippen molar-refractivity contribution in [3.63, 3.8) is 0 Å². The molecule has 0 aromatic rings. The normalized spacial score (nSPS) is 54.0.